The molecule has 0 saturated heterocycles. The van der Waals surface area contributed by atoms with Crippen molar-refractivity contribution in [1.82, 2.24) is 9.78 Å². The first-order chi connectivity index (χ1) is 16.8. The highest BCUT2D eigenvalue weighted by molar-refractivity contribution is 6.34. The zero-order chi connectivity index (χ0) is 24.6. The van der Waals surface area contributed by atoms with Crippen LogP contribution in [-0.4, -0.2) is 27.6 Å². The molecule has 1 aromatic heterocycles. The average molecular weight is 493 g/mol. The van der Waals surface area contributed by atoms with Crippen LogP contribution in [0.3, 0.4) is 0 Å². The van der Waals surface area contributed by atoms with Crippen molar-refractivity contribution in [2.24, 2.45) is 5.10 Å². The Balaban J connectivity index is 1.66. The second kappa shape index (κ2) is 8.88. The second-order valence-corrected chi connectivity index (χ2v) is 8.11. The van der Waals surface area contributed by atoms with E-state index in [1.807, 2.05) is 30.3 Å². The van der Waals surface area contributed by atoms with Crippen LogP contribution in [0.15, 0.2) is 102 Å². The topological polar surface area (TPSA) is 50.5 Å². The van der Waals surface area contributed by atoms with Crippen molar-refractivity contribution >= 4 is 35.0 Å². The summed E-state index contributed by atoms with van der Waals surface area (Å²) in [7, 11) is 0. The lowest BCUT2D eigenvalue weighted by molar-refractivity contribution is -0.114. The summed E-state index contributed by atoms with van der Waals surface area (Å²) in [6.45, 7) is 0. The number of anilines is 1. The normalized spacial score (nSPS) is 15.1. The first kappa shape index (κ1) is 22.6. The number of carbonyl (C=O) groups is 1. The molecule has 1 aliphatic heterocycles. The Kier molecular flexibility index (Phi) is 5.74. The van der Waals surface area contributed by atoms with Crippen LogP contribution in [0.5, 0.6) is 0 Å². The highest BCUT2D eigenvalue weighted by atomic mass is 35.5. The van der Waals surface area contributed by atoms with Gasteiger partial charge in [0, 0.05) is 22.3 Å². The highest BCUT2D eigenvalue weighted by Crippen LogP contribution is 2.34. The molecule has 0 unspecified atom stereocenters. The Morgan fingerprint density at radius 2 is 1.43 bits per heavy atom. The van der Waals surface area contributed by atoms with Gasteiger partial charge in [-0.1, -0.05) is 60.1 Å². The van der Waals surface area contributed by atoms with Gasteiger partial charge in [0.05, 0.1) is 22.6 Å². The van der Waals surface area contributed by atoms with Crippen LogP contribution in [0.2, 0.25) is 5.02 Å². The summed E-state index contributed by atoms with van der Waals surface area (Å²) in [5.41, 5.74) is 0.468. The summed E-state index contributed by atoms with van der Waals surface area (Å²) >= 11 is 6.01. The van der Waals surface area contributed by atoms with Gasteiger partial charge in [0.15, 0.2) is 5.71 Å². The minimum atomic E-state index is -4.83. The van der Waals surface area contributed by atoms with Gasteiger partial charge < -0.3 is 0 Å². The molecular weight excluding hydrogens is 477 g/mol. The van der Waals surface area contributed by atoms with Gasteiger partial charge in [0.25, 0.3) is 5.91 Å². The van der Waals surface area contributed by atoms with Crippen LogP contribution in [0.4, 0.5) is 18.9 Å². The van der Waals surface area contributed by atoms with Gasteiger partial charge in [-0.3, -0.25) is 4.79 Å². The van der Waals surface area contributed by atoms with E-state index in [1.165, 1.54) is 18.2 Å². The monoisotopic (exact) mass is 492 g/mol. The molecule has 0 fully saturated rings. The summed E-state index contributed by atoms with van der Waals surface area (Å²) in [4.78, 5) is 13.1. The van der Waals surface area contributed by atoms with E-state index < -0.39 is 23.4 Å². The first-order valence-electron chi connectivity index (χ1n) is 10.5. The summed E-state index contributed by atoms with van der Waals surface area (Å²) in [5, 5.41) is 9.49. The molecule has 174 valence electrons. The van der Waals surface area contributed by atoms with Crippen LogP contribution in [0.1, 0.15) is 5.56 Å². The number of aromatic nitrogens is 2. The molecular formula is C26H16ClF3N4O. The molecule has 0 atom stereocenters. The van der Waals surface area contributed by atoms with Crippen molar-refractivity contribution in [3.8, 4) is 16.9 Å². The molecule has 0 bridgehead atoms. The molecule has 1 aliphatic rings. The van der Waals surface area contributed by atoms with Gasteiger partial charge in [-0.2, -0.15) is 28.4 Å². The molecule has 0 spiro atoms. The molecule has 9 heteroatoms. The predicted octanol–water partition coefficient (Wildman–Crippen LogP) is 6.54. The van der Waals surface area contributed by atoms with Crippen LogP contribution in [0.25, 0.3) is 23.0 Å². The number of hydrazone groups is 1. The van der Waals surface area contributed by atoms with Gasteiger partial charge >= 0.3 is 6.18 Å². The Labute approximate surface area is 203 Å². The zero-order valence-electron chi connectivity index (χ0n) is 17.9. The Morgan fingerprint density at radius 3 is 2.03 bits per heavy atom. The quantitative estimate of drug-likeness (QED) is 0.304. The molecule has 1 amide bonds. The standard InChI is InChI=1S/C26H16ClF3N4O/c27-19-13-11-17(12-14-19)23-18(16-33(31-23)20-7-3-1-4-8-20)15-22-24(26(28,29)30)32-34(25(22)35)21-9-5-2-6-10-21/h1-16H/b22-15-. The van der Waals surface area contributed by atoms with Crippen molar-refractivity contribution in [1.29, 1.82) is 0 Å². The SMILES string of the molecule is O=C1/C(=C\c2cn(-c3ccccc3)nc2-c2ccc(Cl)cc2)C(C(F)(F)F)=NN1c1ccccc1. The van der Waals surface area contributed by atoms with Crippen LogP contribution in [-0.2, 0) is 4.79 Å². The maximum Gasteiger partial charge on any atom is 0.435 e. The van der Waals surface area contributed by atoms with E-state index in [2.05, 4.69) is 10.2 Å². The maximum atomic E-state index is 13.9. The number of halogens is 4. The van der Waals surface area contributed by atoms with E-state index in [0.717, 1.165) is 5.01 Å². The van der Waals surface area contributed by atoms with Crippen molar-refractivity contribution in [3.63, 3.8) is 0 Å². The molecule has 0 aliphatic carbocycles. The van der Waals surface area contributed by atoms with E-state index in [9.17, 15) is 18.0 Å². The van der Waals surface area contributed by atoms with Crippen LogP contribution < -0.4 is 5.01 Å². The molecule has 5 nitrogen and oxygen atoms in total. The number of benzene rings is 3. The minimum absolute atomic E-state index is 0.237. The maximum absolute atomic E-state index is 13.9. The number of hydrogen-bond acceptors (Lipinski definition) is 3. The highest BCUT2D eigenvalue weighted by Gasteiger charge is 2.47. The first-order valence-corrected chi connectivity index (χ1v) is 10.9. The van der Waals surface area contributed by atoms with E-state index >= 15 is 0 Å². The Hall–Kier alpha value is -4.17. The lowest BCUT2D eigenvalue weighted by atomic mass is 10.0. The fourth-order valence-corrected chi connectivity index (χ4v) is 3.82. The lowest BCUT2D eigenvalue weighted by Gasteiger charge is -2.10. The van der Waals surface area contributed by atoms with E-state index in [4.69, 9.17) is 11.6 Å². The zero-order valence-corrected chi connectivity index (χ0v) is 18.7. The molecule has 0 N–H and O–H groups in total. The smallest absolute Gasteiger partial charge is 0.267 e. The lowest BCUT2D eigenvalue weighted by Crippen LogP contribution is -2.25. The third-order valence-corrected chi connectivity index (χ3v) is 5.58. The molecule has 0 radical (unpaired) electrons. The van der Waals surface area contributed by atoms with Crippen LogP contribution >= 0.6 is 11.6 Å². The van der Waals surface area contributed by atoms with Gasteiger partial charge in [-0.25, -0.2) is 4.68 Å². The number of para-hydroxylation sites is 2. The van der Waals surface area contributed by atoms with Crippen molar-refractivity contribution < 1.29 is 18.0 Å². The molecule has 5 rings (SSSR count). The number of carbonyl (C=O) groups excluding carboxylic acids is 1. The fourth-order valence-electron chi connectivity index (χ4n) is 3.69. The van der Waals surface area contributed by atoms with Gasteiger partial charge in [-0.05, 0) is 42.5 Å². The number of alkyl halides is 3. The van der Waals surface area contributed by atoms with Crippen molar-refractivity contribution in [2.45, 2.75) is 6.18 Å². The average Bonchev–Trinajstić information content (AvgIpc) is 3.42. The predicted molar refractivity (Wildman–Crippen MR) is 129 cm³/mol. The van der Waals surface area contributed by atoms with Crippen molar-refractivity contribution in [3.05, 3.63) is 107 Å². The largest absolute Gasteiger partial charge is 0.435 e. The Morgan fingerprint density at radius 1 is 0.829 bits per heavy atom. The Bertz CT molecular complexity index is 1440. The number of nitrogens with zero attached hydrogens (tertiary/aromatic N) is 4. The summed E-state index contributed by atoms with van der Waals surface area (Å²) in [6.07, 6.45) is -2.06. The fraction of sp³-hybridized carbons (Fsp3) is 0.0385. The molecule has 0 saturated carbocycles. The number of hydrogen-bond donors (Lipinski definition) is 0. The van der Waals surface area contributed by atoms with E-state index in [0.29, 0.717) is 27.5 Å². The number of amides is 1. The van der Waals surface area contributed by atoms with E-state index in [-0.39, 0.29) is 5.69 Å². The molecule has 2 heterocycles. The van der Waals surface area contributed by atoms with Gasteiger partial charge in [-0.15, -0.1) is 0 Å². The van der Waals surface area contributed by atoms with Gasteiger partial charge in [0.2, 0.25) is 0 Å². The molecule has 4 aromatic rings. The molecule has 35 heavy (non-hydrogen) atoms. The summed E-state index contributed by atoms with van der Waals surface area (Å²) < 4.78 is 43.3. The van der Waals surface area contributed by atoms with Crippen molar-refractivity contribution in [2.75, 3.05) is 5.01 Å². The molecule has 3 aromatic carbocycles. The summed E-state index contributed by atoms with van der Waals surface area (Å²) in [6, 6.07) is 23.9. The third kappa shape index (κ3) is 4.48. The van der Waals surface area contributed by atoms with E-state index in [1.54, 1.807) is 53.3 Å². The van der Waals surface area contributed by atoms with Gasteiger partial charge in [0.1, 0.15) is 0 Å². The van der Waals surface area contributed by atoms with Crippen LogP contribution in [0, 0.1) is 0 Å². The second-order valence-electron chi connectivity index (χ2n) is 7.68. The summed E-state index contributed by atoms with van der Waals surface area (Å²) in [5.74, 6) is -0.877. The minimum Gasteiger partial charge on any atom is -0.267 e. The number of rotatable bonds is 4. The third-order valence-electron chi connectivity index (χ3n) is 5.33.